The molecule has 90 valence electrons. The molecular formula is C12H14N2O3. The van der Waals surface area contributed by atoms with E-state index in [9.17, 15) is 9.90 Å². The van der Waals surface area contributed by atoms with E-state index >= 15 is 0 Å². The minimum absolute atomic E-state index is 0.0920. The fourth-order valence-electron chi connectivity index (χ4n) is 1.86. The number of hydrogen-bond acceptors (Lipinski definition) is 4. The molecule has 0 aliphatic carbocycles. The molecule has 0 fully saturated rings. The second-order valence-electron chi connectivity index (χ2n) is 4.39. The second-order valence-corrected chi connectivity index (χ2v) is 4.39. The predicted octanol–water partition coefficient (Wildman–Crippen LogP) is 1.32. The van der Waals surface area contributed by atoms with Crippen molar-refractivity contribution in [1.29, 1.82) is 0 Å². The molecule has 0 aromatic heterocycles. The molecule has 0 radical (unpaired) electrons. The predicted molar refractivity (Wildman–Crippen MR) is 62.6 cm³/mol. The van der Waals surface area contributed by atoms with Crippen molar-refractivity contribution in [2.75, 3.05) is 0 Å². The Labute approximate surface area is 99.0 Å². The molecule has 5 nitrogen and oxygen atoms in total. The summed E-state index contributed by atoms with van der Waals surface area (Å²) in [4.78, 5) is 12.1. The van der Waals surface area contributed by atoms with Crippen molar-refractivity contribution in [3.8, 4) is 5.75 Å². The minimum Gasteiger partial charge on any atom is -0.508 e. The van der Waals surface area contributed by atoms with Crippen LogP contribution < -0.4 is 0 Å². The average molecular weight is 234 g/mol. The molecule has 1 aromatic rings. The zero-order chi connectivity index (χ0) is 12.6. The number of phenolic OH excluding ortho intramolecular Hbond substituents is 1. The molecule has 17 heavy (non-hydrogen) atoms. The molecule has 1 aliphatic heterocycles. The lowest BCUT2D eigenvalue weighted by Gasteiger charge is -2.26. The van der Waals surface area contributed by atoms with Crippen molar-refractivity contribution in [3.05, 3.63) is 29.8 Å². The fourth-order valence-corrected chi connectivity index (χ4v) is 1.86. The van der Waals surface area contributed by atoms with Crippen LogP contribution >= 0.6 is 0 Å². The number of nitrogens with zero attached hydrogens (tertiary/aromatic N) is 2. The molecule has 0 saturated heterocycles. The minimum atomic E-state index is -1.28. The maximum atomic E-state index is 12.1. The number of amides is 1. The van der Waals surface area contributed by atoms with Crippen molar-refractivity contribution in [2.45, 2.75) is 26.0 Å². The van der Waals surface area contributed by atoms with Crippen LogP contribution in [0.2, 0.25) is 0 Å². The second kappa shape index (κ2) is 3.85. The van der Waals surface area contributed by atoms with Gasteiger partial charge in [0, 0.05) is 17.7 Å². The molecule has 0 saturated carbocycles. The van der Waals surface area contributed by atoms with Crippen LogP contribution in [0.4, 0.5) is 0 Å². The van der Waals surface area contributed by atoms with E-state index in [1.807, 2.05) is 0 Å². The quantitative estimate of drug-likeness (QED) is 0.769. The number of phenols is 1. The van der Waals surface area contributed by atoms with Crippen LogP contribution in [0.5, 0.6) is 5.75 Å². The maximum absolute atomic E-state index is 12.1. The summed E-state index contributed by atoms with van der Waals surface area (Å²) in [6, 6.07) is 5.84. The van der Waals surface area contributed by atoms with Gasteiger partial charge in [-0.15, -0.1) is 0 Å². The van der Waals surface area contributed by atoms with Crippen molar-refractivity contribution in [1.82, 2.24) is 5.01 Å². The SMILES string of the molecule is CC1=NN(C(=O)c2ccc(O)cc2)C(C)(O)C1. The molecule has 1 atom stereocenters. The largest absolute Gasteiger partial charge is 0.508 e. The molecule has 5 heteroatoms. The zero-order valence-electron chi connectivity index (χ0n) is 9.71. The normalized spacial score (nSPS) is 23.7. The van der Waals surface area contributed by atoms with Crippen LogP contribution in [0.3, 0.4) is 0 Å². The molecule has 1 unspecified atom stereocenters. The number of benzene rings is 1. The Balaban J connectivity index is 2.29. The summed E-state index contributed by atoms with van der Waals surface area (Å²) in [6.07, 6.45) is 0.344. The molecule has 0 spiro atoms. The van der Waals surface area contributed by atoms with E-state index in [4.69, 9.17) is 5.11 Å². The van der Waals surface area contributed by atoms with Gasteiger partial charge in [-0.1, -0.05) is 0 Å². The summed E-state index contributed by atoms with van der Waals surface area (Å²) in [7, 11) is 0. The van der Waals surface area contributed by atoms with E-state index in [-0.39, 0.29) is 11.7 Å². The van der Waals surface area contributed by atoms with Crippen LogP contribution in [0.1, 0.15) is 30.6 Å². The first kappa shape index (κ1) is 11.6. The summed E-state index contributed by atoms with van der Waals surface area (Å²) in [5, 5.41) is 24.3. The van der Waals surface area contributed by atoms with Gasteiger partial charge in [0.15, 0.2) is 5.72 Å². The molecule has 2 N–H and O–H groups in total. The lowest BCUT2D eigenvalue weighted by Crippen LogP contribution is -2.43. The van der Waals surface area contributed by atoms with E-state index in [2.05, 4.69) is 5.10 Å². The number of rotatable bonds is 1. The van der Waals surface area contributed by atoms with Gasteiger partial charge in [-0.25, -0.2) is 0 Å². The van der Waals surface area contributed by atoms with Gasteiger partial charge in [-0.2, -0.15) is 10.1 Å². The number of carbonyl (C=O) groups excluding carboxylic acids is 1. The Bertz CT molecular complexity index is 477. The first-order valence-corrected chi connectivity index (χ1v) is 5.30. The van der Waals surface area contributed by atoms with Gasteiger partial charge >= 0.3 is 0 Å². The number of aliphatic hydroxyl groups is 1. The first-order chi connectivity index (χ1) is 7.90. The highest BCUT2D eigenvalue weighted by Crippen LogP contribution is 2.26. The van der Waals surface area contributed by atoms with Crippen LogP contribution in [-0.2, 0) is 0 Å². The highest BCUT2D eigenvalue weighted by Gasteiger charge is 2.39. The molecule has 1 aromatic carbocycles. The Hall–Kier alpha value is -1.88. The lowest BCUT2D eigenvalue weighted by atomic mass is 10.1. The van der Waals surface area contributed by atoms with Crippen molar-refractivity contribution >= 4 is 11.6 Å². The number of aromatic hydroxyl groups is 1. The summed E-state index contributed by atoms with van der Waals surface area (Å²) >= 11 is 0. The third kappa shape index (κ3) is 2.14. The van der Waals surface area contributed by atoms with E-state index < -0.39 is 5.72 Å². The first-order valence-electron chi connectivity index (χ1n) is 5.30. The van der Waals surface area contributed by atoms with Gasteiger partial charge in [0.25, 0.3) is 5.91 Å². The summed E-state index contributed by atoms with van der Waals surface area (Å²) in [5.74, 6) is -0.290. The number of hydrazone groups is 1. The summed E-state index contributed by atoms with van der Waals surface area (Å²) in [5.41, 5.74) is -0.192. The van der Waals surface area contributed by atoms with Gasteiger partial charge < -0.3 is 10.2 Å². The molecular weight excluding hydrogens is 220 g/mol. The molecule has 1 amide bonds. The van der Waals surface area contributed by atoms with E-state index in [0.717, 1.165) is 5.01 Å². The van der Waals surface area contributed by atoms with Crippen LogP contribution in [-0.4, -0.2) is 32.6 Å². The van der Waals surface area contributed by atoms with Crippen LogP contribution in [0.25, 0.3) is 0 Å². The monoisotopic (exact) mass is 234 g/mol. The maximum Gasteiger partial charge on any atom is 0.276 e. The lowest BCUT2D eigenvalue weighted by molar-refractivity contribution is -0.0553. The molecule has 1 aliphatic rings. The van der Waals surface area contributed by atoms with Gasteiger partial charge in [0.05, 0.1) is 0 Å². The van der Waals surface area contributed by atoms with Crippen molar-refractivity contribution < 1.29 is 15.0 Å². The Kier molecular flexibility index (Phi) is 2.63. The van der Waals surface area contributed by atoms with Gasteiger partial charge in [0.2, 0.25) is 0 Å². The van der Waals surface area contributed by atoms with E-state index in [0.29, 0.717) is 17.7 Å². The summed E-state index contributed by atoms with van der Waals surface area (Å²) < 4.78 is 0. The van der Waals surface area contributed by atoms with E-state index in [1.165, 1.54) is 24.3 Å². The van der Waals surface area contributed by atoms with Gasteiger partial charge in [0.1, 0.15) is 5.75 Å². The smallest absolute Gasteiger partial charge is 0.276 e. The van der Waals surface area contributed by atoms with Crippen molar-refractivity contribution in [2.24, 2.45) is 5.10 Å². The topological polar surface area (TPSA) is 73.1 Å². The highest BCUT2D eigenvalue weighted by molar-refractivity contribution is 5.97. The van der Waals surface area contributed by atoms with Gasteiger partial charge in [-0.3, -0.25) is 4.79 Å². The molecule has 2 rings (SSSR count). The Morgan fingerprint density at radius 2 is 2.00 bits per heavy atom. The van der Waals surface area contributed by atoms with Crippen molar-refractivity contribution in [3.63, 3.8) is 0 Å². The highest BCUT2D eigenvalue weighted by atomic mass is 16.3. The van der Waals surface area contributed by atoms with E-state index in [1.54, 1.807) is 13.8 Å². The van der Waals surface area contributed by atoms with Crippen LogP contribution in [0.15, 0.2) is 29.4 Å². The molecule has 0 bridgehead atoms. The molecule has 1 heterocycles. The fraction of sp³-hybridized carbons (Fsp3) is 0.333. The van der Waals surface area contributed by atoms with Crippen LogP contribution in [0, 0.1) is 0 Å². The standard InChI is InChI=1S/C12H14N2O3/c1-8-7-12(2,17)14(13-8)11(16)9-3-5-10(15)6-4-9/h3-6,15,17H,7H2,1-2H3. The Morgan fingerprint density at radius 3 is 2.47 bits per heavy atom. The van der Waals surface area contributed by atoms with Gasteiger partial charge in [-0.05, 0) is 38.1 Å². The Morgan fingerprint density at radius 1 is 1.41 bits per heavy atom. The number of carbonyl (C=O) groups is 1. The third-order valence-corrected chi connectivity index (χ3v) is 2.62. The zero-order valence-corrected chi connectivity index (χ0v) is 9.71. The summed E-state index contributed by atoms with van der Waals surface area (Å²) in [6.45, 7) is 3.31. The number of hydrogen-bond donors (Lipinski definition) is 2. The third-order valence-electron chi connectivity index (χ3n) is 2.62. The average Bonchev–Trinajstić information content (AvgIpc) is 2.52.